The Morgan fingerprint density at radius 3 is 2.61 bits per heavy atom. The van der Waals surface area contributed by atoms with Gasteiger partial charge in [-0.1, -0.05) is 23.9 Å². The first-order valence-corrected chi connectivity index (χ1v) is 13.5. The summed E-state index contributed by atoms with van der Waals surface area (Å²) in [5.74, 6) is -1.77. The predicted octanol–water partition coefficient (Wildman–Crippen LogP) is 2.50. The molecule has 0 fully saturated rings. The number of amides is 1. The lowest BCUT2D eigenvalue weighted by atomic mass is 10.2. The third-order valence-electron chi connectivity index (χ3n) is 4.99. The summed E-state index contributed by atoms with van der Waals surface area (Å²) in [5.41, 5.74) is 2.01. The Morgan fingerprint density at radius 2 is 1.97 bits per heavy atom. The monoisotopic (exact) mass is 534 g/mol. The number of nitrogens with zero attached hydrogens (tertiary/aromatic N) is 2. The number of aromatic nitrogens is 2. The van der Waals surface area contributed by atoms with E-state index in [0.29, 0.717) is 12.2 Å². The van der Waals surface area contributed by atoms with E-state index in [-0.39, 0.29) is 22.8 Å². The lowest BCUT2D eigenvalue weighted by Gasteiger charge is -2.21. The normalized spacial score (nSPS) is 13.2. The van der Waals surface area contributed by atoms with Crippen molar-refractivity contribution >= 4 is 56.7 Å². The maximum absolute atomic E-state index is 13.1. The molecule has 0 radical (unpaired) electrons. The topological polar surface area (TPSA) is 157 Å². The fourth-order valence-electron chi connectivity index (χ4n) is 3.57. The number of thioether (sulfide) groups is 1. The Balaban J connectivity index is 1.95. The van der Waals surface area contributed by atoms with Gasteiger partial charge in [0.15, 0.2) is 5.16 Å². The molecule has 11 nitrogen and oxygen atoms in total. The van der Waals surface area contributed by atoms with E-state index in [4.69, 9.17) is 9.84 Å². The highest BCUT2D eigenvalue weighted by molar-refractivity contribution is 7.98. The molecule has 0 aliphatic heterocycles. The molecule has 3 aromatic rings. The number of hydrogen-bond acceptors (Lipinski definition) is 8. The van der Waals surface area contributed by atoms with Crippen LogP contribution in [0.5, 0.6) is 5.75 Å². The van der Waals surface area contributed by atoms with Gasteiger partial charge in [0.25, 0.3) is 0 Å². The van der Waals surface area contributed by atoms with E-state index in [0.717, 1.165) is 16.2 Å². The fourth-order valence-corrected chi connectivity index (χ4v) is 5.43. The maximum atomic E-state index is 13.1. The number of ether oxygens (including phenoxy) is 1. The number of hydrogen-bond donors (Lipinski definition) is 3. The number of sulfonamides is 1. The Morgan fingerprint density at radius 1 is 1.25 bits per heavy atom. The van der Waals surface area contributed by atoms with Gasteiger partial charge in [-0.3, -0.25) is 9.59 Å². The summed E-state index contributed by atoms with van der Waals surface area (Å²) >= 11 is 1.46. The number of carbonyl (C=O) groups is 3. The van der Waals surface area contributed by atoms with Crippen LogP contribution in [-0.2, 0) is 31.0 Å². The Kier molecular flexibility index (Phi) is 8.71. The smallest absolute Gasteiger partial charge is 0.305 e. The number of imidazole rings is 1. The largest absolute Gasteiger partial charge is 0.487 e. The predicted molar refractivity (Wildman–Crippen MR) is 135 cm³/mol. The number of benzene rings is 2. The van der Waals surface area contributed by atoms with Gasteiger partial charge in [-0.25, -0.2) is 18.1 Å². The van der Waals surface area contributed by atoms with Crippen LogP contribution in [0.4, 0.5) is 5.69 Å². The lowest BCUT2D eigenvalue weighted by molar-refractivity contribution is -0.138. The van der Waals surface area contributed by atoms with Gasteiger partial charge in [-0.15, -0.1) is 0 Å². The average molecular weight is 535 g/mol. The van der Waals surface area contributed by atoms with Gasteiger partial charge in [-0.2, -0.15) is 0 Å². The fraction of sp³-hybridized carbons (Fsp3) is 0.304. The highest BCUT2D eigenvalue weighted by Gasteiger charge is 2.26. The summed E-state index contributed by atoms with van der Waals surface area (Å²) in [6, 6.07) is 10.1. The van der Waals surface area contributed by atoms with E-state index in [1.807, 2.05) is 35.1 Å². The number of para-hydroxylation sites is 2. The Bertz CT molecular complexity index is 1390. The van der Waals surface area contributed by atoms with Gasteiger partial charge in [0, 0.05) is 18.7 Å². The van der Waals surface area contributed by atoms with Crippen molar-refractivity contribution in [2.24, 2.45) is 0 Å². The summed E-state index contributed by atoms with van der Waals surface area (Å²) in [5, 5.41) is 12.3. The number of carboxylic acid groups (broad SMARTS) is 1. The van der Waals surface area contributed by atoms with Crippen molar-refractivity contribution in [3.63, 3.8) is 0 Å². The van der Waals surface area contributed by atoms with Crippen LogP contribution < -0.4 is 14.8 Å². The first-order valence-electron chi connectivity index (χ1n) is 10.8. The first-order chi connectivity index (χ1) is 17.0. The molecule has 3 N–H and O–H groups in total. The van der Waals surface area contributed by atoms with Crippen molar-refractivity contribution in [2.45, 2.75) is 49.0 Å². The zero-order chi connectivity index (χ0) is 26.5. The minimum Gasteiger partial charge on any atom is -0.487 e. The van der Waals surface area contributed by atoms with Crippen molar-refractivity contribution in [1.82, 2.24) is 14.3 Å². The molecule has 3 rings (SSSR count). The lowest BCUT2D eigenvalue weighted by Crippen LogP contribution is -2.37. The zero-order valence-corrected chi connectivity index (χ0v) is 21.4. The summed E-state index contributed by atoms with van der Waals surface area (Å²) in [6.45, 7) is 3.40. The number of rotatable bonds is 12. The molecular weight excluding hydrogens is 508 g/mol. The van der Waals surface area contributed by atoms with Crippen LogP contribution in [0, 0.1) is 0 Å². The third-order valence-corrected chi connectivity index (χ3v) is 7.20. The van der Waals surface area contributed by atoms with Crippen molar-refractivity contribution in [1.29, 1.82) is 0 Å². The van der Waals surface area contributed by atoms with E-state index in [1.54, 1.807) is 6.92 Å². The van der Waals surface area contributed by atoms with Crippen molar-refractivity contribution < 1.29 is 32.6 Å². The molecule has 1 heterocycles. The SMILES string of the molecule is CSc1nc2ccccc2n1C[C@@H](C)Oc1cc(NC(C)=O)ccc1S(=O)(=O)NC(C=O)CC(=O)O. The number of carbonyl (C=O) groups excluding carboxylic acids is 2. The van der Waals surface area contributed by atoms with Crippen molar-refractivity contribution in [3.8, 4) is 5.75 Å². The number of carboxylic acids is 1. The number of aliphatic carboxylic acids is 1. The van der Waals surface area contributed by atoms with Gasteiger partial charge in [-0.05, 0) is 37.4 Å². The van der Waals surface area contributed by atoms with Crippen LogP contribution in [0.3, 0.4) is 0 Å². The molecule has 0 saturated heterocycles. The minimum absolute atomic E-state index is 0.0728. The second-order valence-electron chi connectivity index (χ2n) is 7.93. The van der Waals surface area contributed by atoms with E-state index >= 15 is 0 Å². The van der Waals surface area contributed by atoms with E-state index in [1.165, 1.54) is 36.9 Å². The summed E-state index contributed by atoms with van der Waals surface area (Å²) in [4.78, 5) is 38.1. The van der Waals surface area contributed by atoms with Gasteiger partial charge >= 0.3 is 5.97 Å². The second kappa shape index (κ2) is 11.5. The maximum Gasteiger partial charge on any atom is 0.305 e. The van der Waals surface area contributed by atoms with Crippen LogP contribution in [0.25, 0.3) is 11.0 Å². The van der Waals surface area contributed by atoms with Gasteiger partial charge in [0.05, 0.1) is 30.0 Å². The van der Waals surface area contributed by atoms with E-state index in [9.17, 15) is 22.8 Å². The highest BCUT2D eigenvalue weighted by Crippen LogP contribution is 2.30. The number of fused-ring (bicyclic) bond motifs is 1. The second-order valence-corrected chi connectivity index (χ2v) is 10.4. The van der Waals surface area contributed by atoms with Crippen LogP contribution in [0.15, 0.2) is 52.5 Å². The molecule has 0 saturated carbocycles. The molecule has 0 aliphatic rings. The summed E-state index contributed by atoms with van der Waals surface area (Å²) in [7, 11) is -4.35. The first kappa shape index (κ1) is 27.2. The number of anilines is 1. The molecule has 1 amide bonds. The molecule has 1 aromatic heterocycles. The molecule has 0 aliphatic carbocycles. The molecule has 0 spiro atoms. The molecule has 0 bridgehead atoms. The molecule has 1 unspecified atom stereocenters. The molecule has 192 valence electrons. The van der Waals surface area contributed by atoms with Gasteiger partial charge in [0.1, 0.15) is 23.0 Å². The van der Waals surface area contributed by atoms with Crippen LogP contribution in [-0.4, -0.2) is 59.6 Å². The Hall–Kier alpha value is -3.42. The van der Waals surface area contributed by atoms with Crippen LogP contribution in [0.2, 0.25) is 0 Å². The molecule has 13 heteroatoms. The standard InChI is InChI=1S/C23H26N4O7S2/c1-14(12-27-19-7-5-4-6-18(19)25-23(27)35-3)34-20-10-16(24-15(2)29)8-9-21(20)36(32,33)26-17(13-28)11-22(30)31/h4-10,13-14,17,26H,11-12H2,1-3H3,(H,24,29)(H,30,31)/t14-,17?/m1/s1. The number of aldehydes is 1. The quantitative estimate of drug-likeness (QED) is 0.235. The van der Waals surface area contributed by atoms with Crippen molar-refractivity contribution in [2.75, 3.05) is 11.6 Å². The van der Waals surface area contributed by atoms with Gasteiger partial charge in [0.2, 0.25) is 15.9 Å². The van der Waals surface area contributed by atoms with Crippen LogP contribution >= 0.6 is 11.8 Å². The highest BCUT2D eigenvalue weighted by atomic mass is 32.2. The van der Waals surface area contributed by atoms with Crippen LogP contribution in [0.1, 0.15) is 20.3 Å². The summed E-state index contributed by atoms with van der Waals surface area (Å²) < 4.78 is 36.2. The average Bonchev–Trinajstić information content (AvgIpc) is 3.15. The Labute approximate surface area is 212 Å². The van der Waals surface area contributed by atoms with E-state index in [2.05, 4.69) is 15.0 Å². The molecular formula is C23H26N4O7S2. The minimum atomic E-state index is -4.35. The molecule has 2 atom stereocenters. The van der Waals surface area contributed by atoms with Gasteiger partial charge < -0.3 is 24.5 Å². The number of nitrogens with one attached hydrogen (secondary N) is 2. The zero-order valence-electron chi connectivity index (χ0n) is 19.8. The molecule has 36 heavy (non-hydrogen) atoms. The summed E-state index contributed by atoms with van der Waals surface area (Å²) in [6.07, 6.45) is 0.853. The van der Waals surface area contributed by atoms with E-state index < -0.39 is 34.6 Å². The van der Waals surface area contributed by atoms with Crippen molar-refractivity contribution in [3.05, 3.63) is 42.5 Å². The molecule has 2 aromatic carbocycles. The third kappa shape index (κ3) is 6.62.